The van der Waals surface area contributed by atoms with Crippen LogP contribution in [0.25, 0.3) is 16.8 Å². The highest BCUT2D eigenvalue weighted by molar-refractivity contribution is 8.26. The van der Waals surface area contributed by atoms with Gasteiger partial charge in [0.1, 0.15) is 23.2 Å². The monoisotopic (exact) mass is 469 g/mol. The minimum atomic E-state index is -1.12. The molecule has 31 heavy (non-hydrogen) atoms. The molecule has 1 amide bonds. The fourth-order valence-electron chi connectivity index (χ4n) is 3.19. The lowest BCUT2D eigenvalue weighted by atomic mass is 10.0. The Morgan fingerprint density at radius 1 is 1.13 bits per heavy atom. The first-order chi connectivity index (χ1) is 14.9. The topological polar surface area (TPSA) is 66.8 Å². The van der Waals surface area contributed by atoms with Gasteiger partial charge in [-0.3, -0.25) is 14.5 Å². The average molecular weight is 470 g/mol. The quantitative estimate of drug-likeness (QED) is 0.387. The van der Waals surface area contributed by atoms with Gasteiger partial charge in [-0.25, -0.2) is 0 Å². The summed E-state index contributed by atoms with van der Waals surface area (Å²) in [6, 6.07) is 19.0. The summed E-state index contributed by atoms with van der Waals surface area (Å²) < 4.78 is 6.31. The first-order valence-corrected chi connectivity index (χ1v) is 10.9. The van der Waals surface area contributed by atoms with Crippen LogP contribution in [0, 0.1) is 0 Å². The van der Waals surface area contributed by atoms with Gasteiger partial charge < -0.3 is 9.84 Å². The average Bonchev–Trinajstić information content (AvgIpc) is 3.01. The molecule has 0 bridgehead atoms. The van der Waals surface area contributed by atoms with Crippen molar-refractivity contribution in [1.29, 1.82) is 0 Å². The third kappa shape index (κ3) is 4.74. The van der Waals surface area contributed by atoms with E-state index in [4.69, 9.17) is 33.7 Å². The number of carboxylic acids is 1. The third-order valence-electron chi connectivity index (χ3n) is 4.68. The van der Waals surface area contributed by atoms with E-state index in [0.717, 1.165) is 38.6 Å². The molecule has 1 heterocycles. The predicted molar refractivity (Wildman–Crippen MR) is 127 cm³/mol. The standard InChI is InChI=1S/C23H16ClNO4S2/c24-16-8-5-14(6-9-16)13-29-19-10-7-15-3-1-2-4-17(15)18(19)11-20-22(28)25(12-21(26)27)23(30)31-20/h1-11H,12-13H2,(H,26,27)/b20-11-. The summed E-state index contributed by atoms with van der Waals surface area (Å²) in [5.74, 6) is -0.930. The first-order valence-electron chi connectivity index (χ1n) is 9.28. The molecule has 0 aromatic heterocycles. The maximum absolute atomic E-state index is 12.7. The van der Waals surface area contributed by atoms with Crippen molar-refractivity contribution in [3.8, 4) is 5.75 Å². The number of ether oxygens (including phenoxy) is 1. The molecule has 4 rings (SSSR count). The van der Waals surface area contributed by atoms with Crippen LogP contribution in [0.2, 0.25) is 5.02 Å². The Hall–Kier alpha value is -2.87. The Labute approximate surface area is 193 Å². The van der Waals surface area contributed by atoms with Crippen LogP contribution in [0.4, 0.5) is 0 Å². The van der Waals surface area contributed by atoms with Crippen LogP contribution in [0.3, 0.4) is 0 Å². The zero-order chi connectivity index (χ0) is 22.0. The number of thiocarbonyl (C=S) groups is 1. The normalized spacial score (nSPS) is 15.1. The molecule has 0 aliphatic carbocycles. The van der Waals surface area contributed by atoms with Gasteiger partial charge in [-0.05, 0) is 40.6 Å². The number of thioether (sulfide) groups is 1. The fourth-order valence-corrected chi connectivity index (χ4v) is 4.56. The van der Waals surface area contributed by atoms with E-state index in [1.54, 1.807) is 18.2 Å². The molecule has 1 saturated heterocycles. The Kier molecular flexibility index (Phi) is 6.27. The molecule has 0 radical (unpaired) electrons. The lowest BCUT2D eigenvalue weighted by molar-refractivity contribution is -0.140. The molecule has 0 unspecified atom stereocenters. The second-order valence-electron chi connectivity index (χ2n) is 6.78. The van der Waals surface area contributed by atoms with Crippen LogP contribution in [0.15, 0.2) is 65.6 Å². The highest BCUT2D eigenvalue weighted by Crippen LogP contribution is 2.37. The number of amides is 1. The van der Waals surface area contributed by atoms with Crippen molar-refractivity contribution in [3.63, 3.8) is 0 Å². The van der Waals surface area contributed by atoms with Crippen LogP contribution in [0.5, 0.6) is 5.75 Å². The smallest absolute Gasteiger partial charge is 0.323 e. The second-order valence-corrected chi connectivity index (χ2v) is 8.89. The van der Waals surface area contributed by atoms with Gasteiger partial charge in [0.15, 0.2) is 0 Å². The molecule has 3 aromatic rings. The number of fused-ring (bicyclic) bond motifs is 1. The molecule has 1 fully saturated rings. The van der Waals surface area contributed by atoms with Crippen LogP contribution in [-0.2, 0) is 16.2 Å². The summed E-state index contributed by atoms with van der Waals surface area (Å²) >= 11 is 12.2. The number of halogens is 1. The van der Waals surface area contributed by atoms with E-state index in [2.05, 4.69) is 0 Å². The maximum Gasteiger partial charge on any atom is 0.323 e. The molecule has 3 aromatic carbocycles. The Balaban J connectivity index is 1.71. The lowest BCUT2D eigenvalue weighted by Crippen LogP contribution is -2.33. The van der Waals surface area contributed by atoms with Gasteiger partial charge in [0, 0.05) is 10.6 Å². The van der Waals surface area contributed by atoms with E-state index in [0.29, 0.717) is 22.3 Å². The third-order valence-corrected chi connectivity index (χ3v) is 6.31. The zero-order valence-electron chi connectivity index (χ0n) is 16.1. The van der Waals surface area contributed by atoms with E-state index in [-0.39, 0.29) is 4.32 Å². The maximum atomic E-state index is 12.7. The SMILES string of the molecule is O=C(O)CN1C(=O)/C(=C/c2c(OCc3ccc(Cl)cc3)ccc3ccccc23)SC1=S. The lowest BCUT2D eigenvalue weighted by Gasteiger charge is -2.13. The zero-order valence-corrected chi connectivity index (χ0v) is 18.5. The van der Waals surface area contributed by atoms with E-state index in [1.807, 2.05) is 48.5 Å². The Bertz CT molecular complexity index is 1220. The number of benzene rings is 3. The summed E-state index contributed by atoms with van der Waals surface area (Å²) in [6.45, 7) is -0.131. The van der Waals surface area contributed by atoms with Crippen molar-refractivity contribution in [1.82, 2.24) is 4.90 Å². The highest BCUT2D eigenvalue weighted by Gasteiger charge is 2.33. The largest absolute Gasteiger partial charge is 0.488 e. The molecule has 1 N–H and O–H groups in total. The van der Waals surface area contributed by atoms with Gasteiger partial charge in [-0.15, -0.1) is 0 Å². The number of carbonyl (C=O) groups excluding carboxylic acids is 1. The number of nitrogens with zero attached hydrogens (tertiary/aromatic N) is 1. The van der Waals surface area contributed by atoms with Gasteiger partial charge in [0.05, 0.1) is 4.91 Å². The van der Waals surface area contributed by atoms with Crippen LogP contribution in [-0.4, -0.2) is 32.7 Å². The minimum absolute atomic E-state index is 0.225. The second kappa shape index (κ2) is 9.09. The van der Waals surface area contributed by atoms with Gasteiger partial charge in [0.25, 0.3) is 5.91 Å². The van der Waals surface area contributed by atoms with E-state index in [9.17, 15) is 9.59 Å². The first kappa shape index (κ1) is 21.4. The van der Waals surface area contributed by atoms with Crippen molar-refractivity contribution in [2.24, 2.45) is 0 Å². The van der Waals surface area contributed by atoms with Crippen molar-refractivity contribution in [3.05, 3.63) is 81.7 Å². The molecule has 8 heteroatoms. The molecule has 0 atom stereocenters. The fraction of sp³-hybridized carbons (Fsp3) is 0.0870. The minimum Gasteiger partial charge on any atom is -0.488 e. The van der Waals surface area contributed by atoms with Gasteiger partial charge in [0.2, 0.25) is 0 Å². The summed E-state index contributed by atoms with van der Waals surface area (Å²) in [5.41, 5.74) is 1.69. The number of hydrogen-bond donors (Lipinski definition) is 1. The van der Waals surface area contributed by atoms with Crippen molar-refractivity contribution in [2.75, 3.05) is 6.54 Å². The van der Waals surface area contributed by atoms with Crippen molar-refractivity contribution in [2.45, 2.75) is 6.61 Å². The number of hydrogen-bond acceptors (Lipinski definition) is 5. The van der Waals surface area contributed by atoms with Gasteiger partial charge >= 0.3 is 5.97 Å². The number of rotatable bonds is 6. The van der Waals surface area contributed by atoms with E-state index < -0.39 is 18.4 Å². The summed E-state index contributed by atoms with van der Waals surface area (Å²) in [7, 11) is 0. The van der Waals surface area contributed by atoms with Crippen LogP contribution < -0.4 is 4.74 Å². The molecule has 1 aliphatic heterocycles. The Morgan fingerprint density at radius 2 is 1.87 bits per heavy atom. The highest BCUT2D eigenvalue weighted by atomic mass is 35.5. The molecule has 156 valence electrons. The summed E-state index contributed by atoms with van der Waals surface area (Å²) in [5, 5.41) is 11.6. The molecule has 0 saturated carbocycles. The molecular weight excluding hydrogens is 454 g/mol. The van der Waals surface area contributed by atoms with Gasteiger partial charge in [-0.2, -0.15) is 0 Å². The number of carbonyl (C=O) groups is 2. The summed E-state index contributed by atoms with van der Waals surface area (Å²) in [6.07, 6.45) is 1.72. The Morgan fingerprint density at radius 3 is 2.61 bits per heavy atom. The predicted octanol–water partition coefficient (Wildman–Crippen LogP) is 5.36. The molecular formula is C23H16ClNO4S2. The summed E-state index contributed by atoms with van der Waals surface area (Å²) in [4.78, 5) is 25.3. The molecule has 0 spiro atoms. The van der Waals surface area contributed by atoms with Crippen LogP contribution >= 0.6 is 35.6 Å². The van der Waals surface area contributed by atoms with Crippen molar-refractivity contribution >= 4 is 68.6 Å². The van der Waals surface area contributed by atoms with E-state index in [1.165, 1.54) is 0 Å². The van der Waals surface area contributed by atoms with Crippen LogP contribution in [0.1, 0.15) is 11.1 Å². The van der Waals surface area contributed by atoms with E-state index >= 15 is 0 Å². The number of carboxylic acid groups (broad SMARTS) is 1. The number of aliphatic carboxylic acids is 1. The molecule has 1 aliphatic rings. The van der Waals surface area contributed by atoms with Crippen molar-refractivity contribution < 1.29 is 19.4 Å². The van der Waals surface area contributed by atoms with Gasteiger partial charge in [-0.1, -0.05) is 78.0 Å². The molecule has 5 nitrogen and oxygen atoms in total.